The molecule has 4 rings (SSSR count). The second kappa shape index (κ2) is 20.3. The van der Waals surface area contributed by atoms with E-state index in [-0.39, 0.29) is 41.5 Å². The molecule has 4 saturated heterocycles. The number of aldehydes is 1. The van der Waals surface area contributed by atoms with E-state index in [1.165, 1.54) is 11.1 Å². The van der Waals surface area contributed by atoms with Gasteiger partial charge in [0.05, 0.1) is 30.7 Å². The number of rotatable bonds is 9. The molecule has 0 radical (unpaired) electrons. The number of likely N-dealkylation sites (N-methyl/N-ethyl adjacent to an activating group) is 2. The summed E-state index contributed by atoms with van der Waals surface area (Å²) in [5.41, 5.74) is 7.78. The fraction of sp³-hybridized carbons (Fsp3) is 0.694. The third kappa shape index (κ3) is 10.7. The first-order chi connectivity index (χ1) is 27.2. The van der Waals surface area contributed by atoms with Crippen LogP contribution in [-0.4, -0.2) is 120 Å². The summed E-state index contributed by atoms with van der Waals surface area (Å²) in [6, 6.07) is 0.204. The Hall–Kier alpha value is -3.27. The van der Waals surface area contributed by atoms with Crippen molar-refractivity contribution in [1.29, 1.82) is 0 Å². The van der Waals surface area contributed by atoms with Crippen LogP contribution in [0.25, 0.3) is 0 Å². The van der Waals surface area contributed by atoms with Crippen LogP contribution in [0.1, 0.15) is 107 Å². The Balaban J connectivity index is 1.85. The van der Waals surface area contributed by atoms with Crippen LogP contribution in [0.4, 0.5) is 0 Å². The average Bonchev–Trinajstić information content (AvgIpc) is 3.56. The maximum absolute atomic E-state index is 11.8. The zero-order chi connectivity index (χ0) is 43.2. The van der Waals surface area contributed by atoms with Gasteiger partial charge in [0.1, 0.15) is 6.29 Å². The van der Waals surface area contributed by atoms with Gasteiger partial charge in [-0.2, -0.15) is 0 Å². The molecule has 0 aromatic carbocycles. The minimum Gasteiger partial charge on any atom is -0.380 e. The van der Waals surface area contributed by atoms with Crippen molar-refractivity contribution >= 4 is 6.29 Å². The van der Waals surface area contributed by atoms with Gasteiger partial charge in [-0.15, -0.1) is 0 Å². The highest BCUT2D eigenvalue weighted by Gasteiger charge is 2.43. The molecule has 0 spiro atoms. The van der Waals surface area contributed by atoms with Gasteiger partial charge >= 0.3 is 0 Å². The van der Waals surface area contributed by atoms with Crippen molar-refractivity contribution in [3.63, 3.8) is 0 Å². The highest BCUT2D eigenvalue weighted by Crippen LogP contribution is 2.40. The zero-order valence-electron chi connectivity index (χ0n) is 38.7. The maximum atomic E-state index is 11.8. The zero-order valence-corrected chi connectivity index (χ0v) is 38.7. The van der Waals surface area contributed by atoms with Gasteiger partial charge in [-0.1, -0.05) is 113 Å². The van der Waals surface area contributed by atoms with Crippen molar-refractivity contribution in [3.8, 4) is 0 Å². The van der Waals surface area contributed by atoms with Crippen molar-refractivity contribution in [2.75, 3.05) is 53.4 Å². The molecule has 4 fully saturated rings. The number of carbonyl (C=O) groups excluding carboxylic acids is 1. The van der Waals surface area contributed by atoms with Crippen LogP contribution in [0, 0.1) is 29.1 Å². The predicted molar refractivity (Wildman–Crippen MR) is 246 cm³/mol. The SMILES string of the molecule is C=C1CC(C(C)C)C(NC)C(=C)N2C(CCCN2CCC=O)C(=C)N(C)CC(=C)N2C(CCCN2CCC(=C)C(C)(C)C)C(=C)N2CCC(C)C2C(=C)NC1C(C)C. The van der Waals surface area contributed by atoms with Gasteiger partial charge in [0.2, 0.25) is 0 Å². The molecule has 0 aromatic heterocycles. The lowest BCUT2D eigenvalue weighted by Gasteiger charge is -2.52. The summed E-state index contributed by atoms with van der Waals surface area (Å²) < 4.78 is 0. The van der Waals surface area contributed by atoms with Crippen LogP contribution in [0.3, 0.4) is 0 Å². The van der Waals surface area contributed by atoms with Crippen molar-refractivity contribution in [3.05, 3.63) is 85.7 Å². The van der Waals surface area contributed by atoms with Gasteiger partial charge < -0.3 is 25.2 Å². The molecular formula is C49H84N8O. The summed E-state index contributed by atoms with van der Waals surface area (Å²) in [5.74, 6) is 1.32. The second-order valence-corrected chi connectivity index (χ2v) is 19.7. The fourth-order valence-electron chi connectivity index (χ4n) is 10.1. The van der Waals surface area contributed by atoms with Crippen molar-refractivity contribution in [2.24, 2.45) is 29.1 Å². The van der Waals surface area contributed by atoms with Crippen LogP contribution in [0.2, 0.25) is 0 Å². The Morgan fingerprint density at radius 3 is 2.02 bits per heavy atom. The Morgan fingerprint density at radius 2 is 1.47 bits per heavy atom. The molecule has 2 N–H and O–H groups in total. The minimum absolute atomic E-state index is 0.0155. The maximum Gasteiger partial charge on any atom is 0.121 e. The summed E-state index contributed by atoms with van der Waals surface area (Å²) in [6.07, 6.45) is 8.38. The Bertz CT molecular complexity index is 1520. The molecule has 9 nitrogen and oxygen atoms in total. The monoisotopic (exact) mass is 801 g/mol. The van der Waals surface area contributed by atoms with E-state index in [0.717, 1.165) is 106 Å². The predicted octanol–water partition coefficient (Wildman–Crippen LogP) is 8.58. The smallest absolute Gasteiger partial charge is 0.121 e. The first-order valence-electron chi connectivity index (χ1n) is 22.5. The molecular weight excluding hydrogens is 717 g/mol. The molecule has 4 aliphatic rings. The lowest BCUT2D eigenvalue weighted by atomic mass is 9.79. The summed E-state index contributed by atoms with van der Waals surface area (Å²) in [5, 5.41) is 17.5. The molecule has 4 aliphatic heterocycles. The van der Waals surface area contributed by atoms with E-state index < -0.39 is 0 Å². The van der Waals surface area contributed by atoms with Gasteiger partial charge in [0.15, 0.2) is 0 Å². The average molecular weight is 801 g/mol. The molecule has 0 bridgehead atoms. The first kappa shape index (κ1) is 47.4. The lowest BCUT2D eigenvalue weighted by molar-refractivity contribution is -0.110. The summed E-state index contributed by atoms with van der Waals surface area (Å²) in [7, 11) is 4.22. The molecule has 4 heterocycles. The highest BCUT2D eigenvalue weighted by molar-refractivity contribution is 5.49. The van der Waals surface area contributed by atoms with Crippen LogP contribution < -0.4 is 10.6 Å². The standard InChI is InChI=1S/C49H84N8O/c1-33(2)43-31-36(6)46(34(3)4)51-39(9)48-35(5)23-29-55(48)41(11)45-22-19-26-54(28-24-37(7)49(13,14)15)56(45)38(8)32-52(17)40(10)44-21-18-25-53(27-20-30-58)57(44)42(12)47(43)50-16/h30,33-35,43-48,50-51H,6-12,18-29,31-32H2,1-5,13-17H3. The molecule has 326 valence electrons. The van der Waals surface area contributed by atoms with Crippen molar-refractivity contribution in [2.45, 2.75) is 137 Å². The van der Waals surface area contributed by atoms with Gasteiger partial charge in [-0.25, -0.2) is 10.0 Å². The number of hydrazine groups is 2. The van der Waals surface area contributed by atoms with E-state index in [2.05, 4.69) is 117 Å². The topological polar surface area (TPSA) is 60.6 Å². The molecule has 7 atom stereocenters. The van der Waals surface area contributed by atoms with E-state index in [9.17, 15) is 4.79 Å². The Morgan fingerprint density at radius 1 is 0.862 bits per heavy atom. The molecule has 58 heavy (non-hydrogen) atoms. The van der Waals surface area contributed by atoms with E-state index >= 15 is 0 Å². The number of carbonyl (C=O) groups is 1. The van der Waals surface area contributed by atoms with Gasteiger partial charge in [-0.3, -0.25) is 10.0 Å². The fourth-order valence-corrected chi connectivity index (χ4v) is 10.1. The number of nitrogens with one attached hydrogen (secondary N) is 2. The molecule has 7 unspecified atom stereocenters. The van der Waals surface area contributed by atoms with Crippen LogP contribution in [0.15, 0.2) is 85.7 Å². The minimum atomic E-state index is -0.0264. The van der Waals surface area contributed by atoms with Crippen molar-refractivity contribution < 1.29 is 4.79 Å². The number of hydrogen-bond donors (Lipinski definition) is 2. The molecule has 0 amide bonds. The van der Waals surface area contributed by atoms with Gasteiger partial charge in [0.25, 0.3) is 0 Å². The Kier molecular flexibility index (Phi) is 16.6. The van der Waals surface area contributed by atoms with Gasteiger partial charge in [-0.05, 0) is 81.1 Å². The third-order valence-electron chi connectivity index (χ3n) is 13.8. The van der Waals surface area contributed by atoms with Crippen LogP contribution in [0.5, 0.6) is 0 Å². The Labute approximate surface area is 355 Å². The van der Waals surface area contributed by atoms with E-state index in [1.54, 1.807) is 0 Å². The largest absolute Gasteiger partial charge is 0.380 e. The summed E-state index contributed by atoms with van der Waals surface area (Å²) in [6.45, 7) is 56.9. The third-order valence-corrected chi connectivity index (χ3v) is 13.8. The quantitative estimate of drug-likeness (QED) is 0.177. The lowest BCUT2D eigenvalue weighted by Crippen LogP contribution is -2.58. The molecule has 0 aliphatic carbocycles. The molecule has 0 saturated carbocycles. The molecule has 9 heteroatoms. The summed E-state index contributed by atoms with van der Waals surface area (Å²) in [4.78, 5) is 16.7. The normalized spacial score (nSPS) is 29.6. The van der Waals surface area contributed by atoms with E-state index in [0.29, 0.717) is 37.3 Å². The molecule has 0 aromatic rings. The first-order valence-corrected chi connectivity index (χ1v) is 22.5. The van der Waals surface area contributed by atoms with E-state index in [4.69, 9.17) is 39.5 Å². The highest BCUT2D eigenvalue weighted by atomic mass is 16.1. The second-order valence-electron chi connectivity index (χ2n) is 19.7. The number of fused-ring (bicyclic) bond motifs is 3. The van der Waals surface area contributed by atoms with Gasteiger partial charge in [0, 0.05) is 80.7 Å². The van der Waals surface area contributed by atoms with Crippen molar-refractivity contribution in [1.82, 2.24) is 40.5 Å². The van der Waals surface area contributed by atoms with Crippen LogP contribution in [-0.2, 0) is 4.79 Å². The number of nitrogens with zero attached hydrogens (tertiary/aromatic N) is 6. The summed E-state index contributed by atoms with van der Waals surface area (Å²) >= 11 is 0. The van der Waals surface area contributed by atoms with E-state index in [1.807, 2.05) is 0 Å². The van der Waals surface area contributed by atoms with Crippen LogP contribution >= 0.6 is 0 Å². The number of hydrogen-bond acceptors (Lipinski definition) is 9.